The van der Waals surface area contributed by atoms with E-state index in [0.717, 1.165) is 25.7 Å². The van der Waals surface area contributed by atoms with Gasteiger partial charge < -0.3 is 26.0 Å². The number of ether oxygens (including phenoxy) is 1. The van der Waals surface area contributed by atoms with Crippen molar-refractivity contribution >= 4 is 64.0 Å². The van der Waals surface area contributed by atoms with Crippen LogP contribution < -0.4 is 16.4 Å². The summed E-state index contributed by atoms with van der Waals surface area (Å²) in [4.78, 5) is 39.6. The third kappa shape index (κ3) is 5.44. The summed E-state index contributed by atoms with van der Waals surface area (Å²) < 4.78 is 6.92. The van der Waals surface area contributed by atoms with Crippen molar-refractivity contribution in [3.05, 3.63) is 34.4 Å². The van der Waals surface area contributed by atoms with Crippen molar-refractivity contribution in [1.29, 1.82) is 0 Å². The van der Waals surface area contributed by atoms with Gasteiger partial charge in [-0.1, -0.05) is 29.3 Å². The van der Waals surface area contributed by atoms with Crippen molar-refractivity contribution in [3.63, 3.8) is 0 Å². The summed E-state index contributed by atoms with van der Waals surface area (Å²) in [5, 5.41) is 7.61. The highest BCUT2D eigenvalue weighted by Crippen LogP contribution is 2.39. The van der Waals surface area contributed by atoms with E-state index in [1.54, 1.807) is 29.3 Å². The first kappa shape index (κ1) is 26.3. The van der Waals surface area contributed by atoms with Gasteiger partial charge in [0.25, 0.3) is 0 Å². The van der Waals surface area contributed by atoms with Gasteiger partial charge in [-0.15, -0.1) is 0 Å². The number of nitrogens with zero attached hydrogens (tertiary/aromatic N) is 5. The Hall–Kier alpha value is -3.31. The number of rotatable bonds is 6. The number of primary amides is 1. The third-order valence-electron chi connectivity index (χ3n) is 7.28. The molecule has 5 rings (SSSR count). The lowest BCUT2D eigenvalue weighted by Gasteiger charge is -2.32. The maximum Gasteiger partial charge on any atom is 0.409 e. The van der Waals surface area contributed by atoms with Crippen LogP contribution in [0.15, 0.2) is 24.4 Å². The summed E-state index contributed by atoms with van der Waals surface area (Å²) in [7, 11) is 1.38. The van der Waals surface area contributed by atoms with Crippen LogP contribution in [0.1, 0.15) is 44.6 Å². The number of hydrogen-bond donors (Lipinski definition) is 3. The number of amides is 2. The maximum absolute atomic E-state index is 12.0. The molecule has 0 radical (unpaired) electrons. The van der Waals surface area contributed by atoms with Crippen LogP contribution >= 0.6 is 23.2 Å². The van der Waals surface area contributed by atoms with E-state index in [4.69, 9.17) is 43.6 Å². The van der Waals surface area contributed by atoms with Crippen LogP contribution in [0.25, 0.3) is 11.2 Å². The van der Waals surface area contributed by atoms with Crippen LogP contribution in [0.5, 0.6) is 0 Å². The molecule has 4 N–H and O–H groups in total. The van der Waals surface area contributed by atoms with Gasteiger partial charge >= 0.3 is 6.09 Å². The summed E-state index contributed by atoms with van der Waals surface area (Å²) in [5.41, 5.74) is 7.38. The predicted molar refractivity (Wildman–Crippen MR) is 146 cm³/mol. The summed E-state index contributed by atoms with van der Waals surface area (Å²) >= 11 is 12.9. The van der Waals surface area contributed by atoms with E-state index >= 15 is 0 Å². The third-order valence-corrected chi connectivity index (χ3v) is 7.91. The number of nitrogens with one attached hydrogen (secondary N) is 2. The maximum atomic E-state index is 12.0. The number of carbonyl (C=O) groups is 2. The Morgan fingerprint density at radius 1 is 1.11 bits per heavy atom. The average molecular weight is 561 g/mol. The van der Waals surface area contributed by atoms with Crippen LogP contribution in [0.3, 0.4) is 0 Å². The molecule has 2 aliphatic rings. The molecule has 0 bridgehead atoms. The second-order valence-electron chi connectivity index (χ2n) is 9.74. The summed E-state index contributed by atoms with van der Waals surface area (Å²) in [6.45, 7) is 1.16. The van der Waals surface area contributed by atoms with Crippen molar-refractivity contribution in [2.45, 2.75) is 50.6 Å². The quantitative estimate of drug-likeness (QED) is 0.392. The molecule has 1 aromatic carbocycles. The normalized spacial score (nSPS) is 21.8. The first-order valence-corrected chi connectivity index (χ1v) is 13.4. The van der Waals surface area contributed by atoms with Crippen molar-refractivity contribution < 1.29 is 14.3 Å². The Morgan fingerprint density at radius 2 is 1.84 bits per heavy atom. The number of anilines is 3. The molecule has 0 spiro atoms. The molecular weight excluding hydrogens is 531 g/mol. The van der Waals surface area contributed by atoms with E-state index in [1.165, 1.54) is 7.11 Å². The van der Waals surface area contributed by atoms with Crippen molar-refractivity contribution in [3.8, 4) is 0 Å². The minimum absolute atomic E-state index is 0.0118. The molecule has 2 fully saturated rings. The van der Waals surface area contributed by atoms with Crippen molar-refractivity contribution in [2.75, 3.05) is 30.8 Å². The second kappa shape index (κ2) is 11.2. The molecule has 3 aromatic rings. The van der Waals surface area contributed by atoms with E-state index in [9.17, 15) is 9.59 Å². The number of nitrogens with two attached hydrogens (primary N) is 1. The molecule has 2 aromatic heterocycles. The Balaban J connectivity index is 1.47. The molecule has 1 saturated heterocycles. The zero-order valence-electron chi connectivity index (χ0n) is 21.0. The number of imidazole rings is 1. The van der Waals surface area contributed by atoms with E-state index < -0.39 is 0 Å². The molecule has 1 aliphatic carbocycles. The Kier molecular flexibility index (Phi) is 7.75. The van der Waals surface area contributed by atoms with Gasteiger partial charge in [-0.25, -0.2) is 14.8 Å². The minimum atomic E-state index is -0.341. The molecule has 3 heterocycles. The molecule has 1 saturated carbocycles. The van der Waals surface area contributed by atoms with Gasteiger partial charge in [0.1, 0.15) is 5.52 Å². The van der Waals surface area contributed by atoms with Crippen LogP contribution in [-0.2, 0) is 9.53 Å². The number of aromatic nitrogens is 4. The smallest absolute Gasteiger partial charge is 0.409 e. The number of carbonyl (C=O) groups excluding carboxylic acids is 2. The number of benzene rings is 1. The van der Waals surface area contributed by atoms with Gasteiger partial charge in [0.05, 0.1) is 29.0 Å². The largest absolute Gasteiger partial charge is 0.453 e. The molecule has 2 amide bonds. The number of halogens is 2. The zero-order valence-corrected chi connectivity index (χ0v) is 22.5. The van der Waals surface area contributed by atoms with E-state index in [-0.39, 0.29) is 30.0 Å². The molecule has 1 aliphatic heterocycles. The summed E-state index contributed by atoms with van der Waals surface area (Å²) in [5.74, 6) is 0.593. The molecule has 13 heteroatoms. The van der Waals surface area contributed by atoms with Crippen LogP contribution in [-0.4, -0.2) is 62.7 Å². The van der Waals surface area contributed by atoms with E-state index in [1.807, 2.05) is 4.57 Å². The van der Waals surface area contributed by atoms with Gasteiger partial charge in [-0.3, -0.25) is 9.36 Å². The van der Waals surface area contributed by atoms with Crippen molar-refractivity contribution in [1.82, 2.24) is 24.4 Å². The summed E-state index contributed by atoms with van der Waals surface area (Å²) in [6, 6.07) is 5.31. The zero-order chi connectivity index (χ0) is 26.8. The monoisotopic (exact) mass is 560 g/mol. The molecular formula is C25H30Cl2N8O3. The van der Waals surface area contributed by atoms with E-state index in [0.29, 0.717) is 64.7 Å². The first-order valence-electron chi connectivity index (χ1n) is 12.7. The fraction of sp³-hybridized carbons (Fsp3) is 0.480. The van der Waals surface area contributed by atoms with Gasteiger partial charge in [-0.05, 0) is 50.7 Å². The molecule has 202 valence electrons. The highest BCUT2D eigenvalue weighted by molar-refractivity contribution is 6.39. The highest BCUT2D eigenvalue weighted by Gasteiger charge is 2.30. The average Bonchev–Trinajstić information content (AvgIpc) is 3.27. The standard InChI is InChI=1S/C25H30Cl2N8O3/c1-38-25(37)34-11-3-4-15(13-34)30-23-29-12-19-22(33-23)35(16-9-7-14(8-10-16)21(28)36)24(31-19)32-20-17(26)5-2-6-18(20)27/h2,5-6,12,14-16H,3-4,7-11,13H2,1H3,(H2,28,36)(H,31,32)(H,29,30,33)/t14-,15-,16-/m1/s1. The number of hydrogen-bond acceptors (Lipinski definition) is 8. The van der Waals surface area contributed by atoms with E-state index in [2.05, 4.69) is 15.6 Å². The predicted octanol–water partition coefficient (Wildman–Crippen LogP) is 4.74. The lowest BCUT2D eigenvalue weighted by Crippen LogP contribution is -2.45. The molecule has 0 unspecified atom stereocenters. The molecule has 38 heavy (non-hydrogen) atoms. The highest BCUT2D eigenvalue weighted by atomic mass is 35.5. The fourth-order valence-corrected chi connectivity index (χ4v) is 5.81. The molecule has 11 nitrogen and oxygen atoms in total. The number of likely N-dealkylation sites (tertiary alicyclic amines) is 1. The Bertz CT molecular complexity index is 1320. The van der Waals surface area contributed by atoms with Gasteiger partial charge in [-0.2, -0.15) is 4.98 Å². The lowest BCUT2D eigenvalue weighted by molar-refractivity contribution is -0.122. The summed E-state index contributed by atoms with van der Waals surface area (Å²) in [6.07, 6.45) is 5.93. The first-order chi connectivity index (χ1) is 18.3. The fourth-order valence-electron chi connectivity index (χ4n) is 5.31. The van der Waals surface area contributed by atoms with Crippen LogP contribution in [0, 0.1) is 5.92 Å². The van der Waals surface area contributed by atoms with Crippen LogP contribution in [0.4, 0.5) is 22.4 Å². The van der Waals surface area contributed by atoms with Gasteiger partial charge in [0, 0.05) is 31.1 Å². The van der Waals surface area contributed by atoms with Crippen LogP contribution in [0.2, 0.25) is 10.0 Å². The number of fused-ring (bicyclic) bond motifs is 1. The van der Waals surface area contributed by atoms with Gasteiger partial charge in [0.15, 0.2) is 5.65 Å². The minimum Gasteiger partial charge on any atom is -0.453 e. The lowest BCUT2D eigenvalue weighted by atomic mass is 9.85. The number of para-hydroxylation sites is 1. The molecule has 1 atom stereocenters. The van der Waals surface area contributed by atoms with Crippen molar-refractivity contribution in [2.24, 2.45) is 11.7 Å². The second-order valence-corrected chi connectivity index (χ2v) is 10.6. The topological polar surface area (TPSA) is 140 Å². The SMILES string of the molecule is COC(=O)N1CCC[C@@H](Nc2ncc3nc(Nc4c(Cl)cccc4Cl)n([C@H]4CC[C@H](C(N)=O)CC4)c3n2)C1. The Morgan fingerprint density at radius 3 is 2.53 bits per heavy atom. The number of methoxy groups -OCH3 is 1. The van der Waals surface area contributed by atoms with Gasteiger partial charge in [0.2, 0.25) is 17.8 Å². The number of piperidine rings is 1. The Labute approximate surface area is 230 Å².